The van der Waals surface area contributed by atoms with Gasteiger partial charge in [-0.1, -0.05) is 12.1 Å². The zero-order chi connectivity index (χ0) is 14.3. The van der Waals surface area contributed by atoms with Gasteiger partial charge in [-0.25, -0.2) is 0 Å². The molecule has 1 saturated carbocycles. The molecule has 0 bridgehead atoms. The maximum absolute atomic E-state index is 12.5. The van der Waals surface area contributed by atoms with Crippen molar-refractivity contribution in [1.29, 1.82) is 0 Å². The van der Waals surface area contributed by atoms with E-state index < -0.39 is 23.1 Å². The highest BCUT2D eigenvalue weighted by Gasteiger charge is 2.51. The van der Waals surface area contributed by atoms with Crippen LogP contribution in [0.2, 0.25) is 0 Å². The molecule has 0 aliphatic heterocycles. The molecule has 0 amide bonds. The molecular weight excluding hydrogens is 259 g/mol. The van der Waals surface area contributed by atoms with Crippen molar-refractivity contribution in [2.75, 3.05) is 6.54 Å². The van der Waals surface area contributed by atoms with Gasteiger partial charge in [0.25, 0.3) is 0 Å². The van der Waals surface area contributed by atoms with Crippen LogP contribution in [0, 0.1) is 5.92 Å². The van der Waals surface area contributed by atoms with Crippen LogP contribution in [-0.2, 0) is 16.4 Å². The van der Waals surface area contributed by atoms with E-state index in [1.165, 1.54) is 12.1 Å². The van der Waals surface area contributed by atoms with E-state index in [9.17, 15) is 23.1 Å². The van der Waals surface area contributed by atoms with Crippen LogP contribution in [-0.4, -0.2) is 17.6 Å². The van der Waals surface area contributed by atoms with Crippen LogP contribution in [0.1, 0.15) is 24.0 Å². The summed E-state index contributed by atoms with van der Waals surface area (Å²) in [7, 11) is 0. The fourth-order valence-electron chi connectivity index (χ4n) is 2.60. The third kappa shape index (κ3) is 2.32. The molecular formula is C13H14F3NO2. The van der Waals surface area contributed by atoms with Gasteiger partial charge in [0, 0.05) is 0 Å². The number of rotatable bonds is 3. The quantitative estimate of drug-likeness (QED) is 0.888. The van der Waals surface area contributed by atoms with Crippen molar-refractivity contribution in [2.24, 2.45) is 11.7 Å². The van der Waals surface area contributed by atoms with E-state index in [0.717, 1.165) is 12.1 Å². The Hall–Kier alpha value is -1.56. The molecule has 1 fully saturated rings. The lowest BCUT2D eigenvalue weighted by Crippen LogP contribution is -2.50. The second-order valence-corrected chi connectivity index (χ2v) is 4.97. The average molecular weight is 273 g/mol. The molecule has 2 rings (SSSR count). The molecule has 1 aromatic rings. The van der Waals surface area contributed by atoms with Crippen LogP contribution in [0.3, 0.4) is 0 Å². The molecule has 1 aliphatic carbocycles. The third-order valence-electron chi connectivity index (χ3n) is 3.78. The minimum Gasteiger partial charge on any atom is -0.481 e. The topological polar surface area (TPSA) is 63.3 Å². The number of nitrogens with two attached hydrogens (primary N) is 1. The zero-order valence-electron chi connectivity index (χ0n) is 10.1. The first-order chi connectivity index (χ1) is 8.79. The highest BCUT2D eigenvalue weighted by molar-refractivity contribution is 5.82. The van der Waals surface area contributed by atoms with Crippen LogP contribution >= 0.6 is 0 Å². The number of benzene rings is 1. The molecule has 1 aliphatic rings. The predicted octanol–water partition coefficient (Wildman–Crippen LogP) is 2.40. The first kappa shape index (κ1) is 13.9. The van der Waals surface area contributed by atoms with Gasteiger partial charge in [-0.2, -0.15) is 13.2 Å². The first-order valence-electron chi connectivity index (χ1n) is 5.91. The summed E-state index contributed by atoms with van der Waals surface area (Å²) in [6.45, 7) is 0.398. The normalized spacial score (nSPS) is 26.8. The van der Waals surface area contributed by atoms with Crippen molar-refractivity contribution in [1.82, 2.24) is 0 Å². The van der Waals surface area contributed by atoms with E-state index in [1.807, 2.05) is 0 Å². The summed E-state index contributed by atoms with van der Waals surface area (Å²) in [6.07, 6.45) is -3.65. The summed E-state index contributed by atoms with van der Waals surface area (Å²) >= 11 is 0. The molecule has 104 valence electrons. The average Bonchev–Trinajstić information content (AvgIpc) is 2.27. The van der Waals surface area contributed by atoms with Crippen molar-refractivity contribution in [3.63, 3.8) is 0 Å². The van der Waals surface area contributed by atoms with Crippen LogP contribution in [0.4, 0.5) is 13.2 Å². The Balaban J connectivity index is 2.28. The molecule has 3 nitrogen and oxygen atoms in total. The summed E-state index contributed by atoms with van der Waals surface area (Å²) < 4.78 is 37.4. The number of carboxylic acids is 1. The van der Waals surface area contributed by atoms with Crippen molar-refractivity contribution < 1.29 is 23.1 Å². The van der Waals surface area contributed by atoms with Crippen LogP contribution in [0.5, 0.6) is 0 Å². The van der Waals surface area contributed by atoms with Crippen molar-refractivity contribution in [3.8, 4) is 0 Å². The maximum Gasteiger partial charge on any atom is 0.416 e. The molecule has 19 heavy (non-hydrogen) atoms. The Labute approximate surface area is 108 Å². The standard InChI is InChI=1S/C13H14F3NO2/c14-13(15,16)10-3-1-9(2-4-10)12(11(18)19)5-8(6-12)7-17/h1-4,8H,5-7,17H2,(H,18,19). The van der Waals surface area contributed by atoms with Gasteiger partial charge in [-0.15, -0.1) is 0 Å². The number of alkyl halides is 3. The molecule has 6 heteroatoms. The maximum atomic E-state index is 12.5. The number of carbonyl (C=O) groups is 1. The summed E-state index contributed by atoms with van der Waals surface area (Å²) in [5.41, 5.74) is 4.04. The summed E-state index contributed by atoms with van der Waals surface area (Å²) in [5.74, 6) is -0.879. The Morgan fingerprint density at radius 1 is 1.32 bits per heavy atom. The number of hydrogen-bond acceptors (Lipinski definition) is 2. The molecule has 0 saturated heterocycles. The lowest BCUT2D eigenvalue weighted by atomic mass is 9.58. The molecule has 3 N–H and O–H groups in total. The predicted molar refractivity (Wildman–Crippen MR) is 62.5 cm³/mol. The van der Waals surface area contributed by atoms with E-state index >= 15 is 0 Å². The Kier molecular flexibility index (Phi) is 3.30. The lowest BCUT2D eigenvalue weighted by molar-refractivity contribution is -0.149. The molecule has 0 aromatic heterocycles. The fourth-order valence-corrected chi connectivity index (χ4v) is 2.60. The van der Waals surface area contributed by atoms with E-state index in [2.05, 4.69) is 0 Å². The summed E-state index contributed by atoms with van der Waals surface area (Å²) in [5, 5.41) is 9.32. The number of hydrogen-bond donors (Lipinski definition) is 2. The lowest BCUT2D eigenvalue weighted by Gasteiger charge is -2.44. The van der Waals surface area contributed by atoms with Crippen LogP contribution in [0.25, 0.3) is 0 Å². The van der Waals surface area contributed by atoms with Crippen molar-refractivity contribution >= 4 is 5.97 Å². The number of aliphatic carboxylic acids is 1. The Morgan fingerprint density at radius 2 is 1.84 bits per heavy atom. The second kappa shape index (κ2) is 4.52. The third-order valence-corrected chi connectivity index (χ3v) is 3.78. The number of carboxylic acid groups (broad SMARTS) is 1. The Bertz CT molecular complexity index is 476. The molecule has 0 spiro atoms. The summed E-state index contributed by atoms with van der Waals surface area (Å²) in [6, 6.07) is 4.36. The van der Waals surface area contributed by atoms with Crippen LogP contribution < -0.4 is 5.73 Å². The van der Waals surface area contributed by atoms with E-state index in [-0.39, 0.29) is 5.92 Å². The SMILES string of the molecule is NCC1CC(C(=O)O)(c2ccc(C(F)(F)F)cc2)C1. The van der Waals surface area contributed by atoms with Gasteiger partial charge in [0.15, 0.2) is 0 Å². The van der Waals surface area contributed by atoms with Crippen LogP contribution in [0.15, 0.2) is 24.3 Å². The zero-order valence-corrected chi connectivity index (χ0v) is 10.1. The molecule has 1 aromatic carbocycles. The highest BCUT2D eigenvalue weighted by Crippen LogP contribution is 2.48. The smallest absolute Gasteiger partial charge is 0.416 e. The molecule has 0 unspecified atom stereocenters. The largest absolute Gasteiger partial charge is 0.481 e. The van der Waals surface area contributed by atoms with Gasteiger partial charge in [0.1, 0.15) is 0 Å². The number of halogens is 3. The van der Waals surface area contributed by atoms with Gasteiger partial charge in [0.2, 0.25) is 0 Å². The van der Waals surface area contributed by atoms with Gasteiger partial charge >= 0.3 is 12.1 Å². The van der Waals surface area contributed by atoms with Crippen molar-refractivity contribution in [2.45, 2.75) is 24.4 Å². The molecule has 0 heterocycles. The Morgan fingerprint density at radius 3 is 2.21 bits per heavy atom. The molecule has 0 atom stereocenters. The first-order valence-corrected chi connectivity index (χ1v) is 5.91. The minimum atomic E-state index is -4.41. The van der Waals surface area contributed by atoms with Gasteiger partial charge in [-0.05, 0) is 43.0 Å². The second-order valence-electron chi connectivity index (χ2n) is 4.97. The highest BCUT2D eigenvalue weighted by atomic mass is 19.4. The van der Waals surface area contributed by atoms with Gasteiger partial charge < -0.3 is 10.8 Å². The minimum absolute atomic E-state index is 0.124. The van der Waals surface area contributed by atoms with Gasteiger partial charge in [-0.3, -0.25) is 4.79 Å². The van der Waals surface area contributed by atoms with E-state index in [4.69, 9.17) is 5.73 Å². The monoisotopic (exact) mass is 273 g/mol. The van der Waals surface area contributed by atoms with Gasteiger partial charge in [0.05, 0.1) is 11.0 Å². The van der Waals surface area contributed by atoms with Crippen molar-refractivity contribution in [3.05, 3.63) is 35.4 Å². The fraction of sp³-hybridized carbons (Fsp3) is 0.462. The molecule has 0 radical (unpaired) electrons. The summed E-state index contributed by atoms with van der Waals surface area (Å²) in [4.78, 5) is 11.4. The van der Waals surface area contributed by atoms with E-state index in [0.29, 0.717) is 24.9 Å². The van der Waals surface area contributed by atoms with E-state index in [1.54, 1.807) is 0 Å².